The van der Waals surface area contributed by atoms with Crippen molar-refractivity contribution in [2.45, 2.75) is 13.0 Å². The van der Waals surface area contributed by atoms with Gasteiger partial charge in [0, 0.05) is 24.7 Å². The van der Waals surface area contributed by atoms with Gasteiger partial charge in [-0.2, -0.15) is 0 Å². The van der Waals surface area contributed by atoms with Crippen molar-refractivity contribution in [1.29, 1.82) is 0 Å². The van der Waals surface area contributed by atoms with Crippen molar-refractivity contribution in [3.63, 3.8) is 0 Å². The average molecular weight is 299 g/mol. The summed E-state index contributed by atoms with van der Waals surface area (Å²) in [6.45, 7) is 2.27. The maximum Gasteiger partial charge on any atom is 0.275 e. The van der Waals surface area contributed by atoms with Crippen LogP contribution >= 0.6 is 11.6 Å². The molecule has 0 aliphatic rings. The highest BCUT2D eigenvalue weighted by molar-refractivity contribution is 6.31. The molecule has 0 radical (unpaired) electrons. The van der Waals surface area contributed by atoms with Crippen molar-refractivity contribution in [3.05, 3.63) is 34.9 Å². The molecule has 3 N–H and O–H groups in total. The maximum atomic E-state index is 11.6. The number of nitrogens with two attached hydrogens (primary N) is 1. The summed E-state index contributed by atoms with van der Waals surface area (Å²) in [6.07, 6.45) is 0. The molecular formula is C14H21ClN3O2+. The van der Waals surface area contributed by atoms with Crippen molar-refractivity contribution < 1.29 is 14.9 Å². The number of rotatable bonds is 6. The van der Waals surface area contributed by atoms with Gasteiger partial charge in [0.2, 0.25) is 5.91 Å². The Kier molecular flexibility index (Phi) is 6.48. The molecule has 0 heterocycles. The van der Waals surface area contributed by atoms with E-state index in [-0.39, 0.29) is 30.9 Å². The van der Waals surface area contributed by atoms with E-state index in [1.165, 1.54) is 4.90 Å². The van der Waals surface area contributed by atoms with Crippen LogP contribution in [-0.4, -0.2) is 43.9 Å². The second kappa shape index (κ2) is 7.87. The molecule has 0 unspecified atom stereocenters. The molecular weight excluding hydrogens is 278 g/mol. The van der Waals surface area contributed by atoms with Crippen LogP contribution in [0.25, 0.3) is 0 Å². The first-order chi connectivity index (χ1) is 9.41. The number of hydrogen-bond donors (Lipinski definition) is 2. The minimum atomic E-state index is -0.167. The zero-order valence-corrected chi connectivity index (χ0v) is 12.8. The largest absolute Gasteiger partial charge is 0.347 e. The molecule has 1 aromatic carbocycles. The lowest BCUT2D eigenvalue weighted by atomic mass is 10.1. The molecule has 0 aliphatic carbocycles. The first-order valence-corrected chi connectivity index (χ1v) is 6.84. The number of quaternary nitrogens is 1. The molecule has 0 saturated heterocycles. The molecule has 20 heavy (non-hydrogen) atoms. The van der Waals surface area contributed by atoms with Crippen LogP contribution in [0.2, 0.25) is 5.02 Å². The lowest BCUT2D eigenvalue weighted by Gasteiger charge is -2.13. The molecule has 0 bridgehead atoms. The molecule has 0 fully saturated rings. The Hall–Kier alpha value is -1.59. The van der Waals surface area contributed by atoms with Gasteiger partial charge in [-0.15, -0.1) is 0 Å². The van der Waals surface area contributed by atoms with E-state index >= 15 is 0 Å². The SMILES string of the molecule is C[C@@H]([NH2+]CC(=O)NCC(=O)N(C)C)c1ccccc1Cl. The molecule has 1 atom stereocenters. The highest BCUT2D eigenvalue weighted by Crippen LogP contribution is 2.19. The third-order valence-corrected chi connectivity index (χ3v) is 3.33. The summed E-state index contributed by atoms with van der Waals surface area (Å²) in [7, 11) is 3.31. The average Bonchev–Trinajstić information content (AvgIpc) is 2.42. The lowest BCUT2D eigenvalue weighted by molar-refractivity contribution is -0.682. The molecule has 0 saturated carbocycles. The zero-order chi connectivity index (χ0) is 15.1. The Labute approximate surface area is 124 Å². The van der Waals surface area contributed by atoms with Crippen LogP contribution in [0.5, 0.6) is 0 Å². The van der Waals surface area contributed by atoms with Gasteiger partial charge >= 0.3 is 0 Å². The summed E-state index contributed by atoms with van der Waals surface area (Å²) in [5, 5.41) is 5.17. The third-order valence-electron chi connectivity index (χ3n) is 2.99. The van der Waals surface area contributed by atoms with Crippen molar-refractivity contribution in [2.24, 2.45) is 0 Å². The Morgan fingerprint density at radius 2 is 2.00 bits per heavy atom. The van der Waals surface area contributed by atoms with Crippen LogP contribution < -0.4 is 10.6 Å². The number of carbonyl (C=O) groups is 2. The molecule has 0 aliphatic heterocycles. The van der Waals surface area contributed by atoms with E-state index in [2.05, 4.69) is 5.32 Å². The molecule has 1 rings (SSSR count). The topological polar surface area (TPSA) is 66.0 Å². The number of benzene rings is 1. The first-order valence-electron chi connectivity index (χ1n) is 6.46. The molecule has 0 aromatic heterocycles. The maximum absolute atomic E-state index is 11.6. The van der Waals surface area contributed by atoms with E-state index in [0.717, 1.165) is 5.56 Å². The van der Waals surface area contributed by atoms with Gasteiger partial charge in [-0.05, 0) is 13.0 Å². The molecule has 5 nitrogen and oxygen atoms in total. The van der Waals surface area contributed by atoms with Crippen molar-refractivity contribution in [1.82, 2.24) is 10.2 Å². The fourth-order valence-electron chi connectivity index (χ4n) is 1.66. The van der Waals surface area contributed by atoms with Crippen molar-refractivity contribution in [2.75, 3.05) is 27.2 Å². The molecule has 110 valence electrons. The minimum Gasteiger partial charge on any atom is -0.347 e. The predicted molar refractivity (Wildman–Crippen MR) is 78.4 cm³/mol. The standard InChI is InChI=1S/C14H20ClN3O2/c1-10(11-6-4-5-7-12(11)15)16-8-13(19)17-9-14(20)18(2)3/h4-7,10,16H,8-9H2,1-3H3,(H,17,19)/p+1/t10-/m1/s1. The normalized spacial score (nSPS) is 11.8. The predicted octanol–water partition coefficient (Wildman–Crippen LogP) is 0.169. The van der Waals surface area contributed by atoms with Crippen molar-refractivity contribution in [3.8, 4) is 0 Å². The summed E-state index contributed by atoms with van der Waals surface area (Å²) < 4.78 is 0. The van der Waals surface area contributed by atoms with Gasteiger partial charge < -0.3 is 15.5 Å². The molecule has 0 spiro atoms. The van der Waals surface area contributed by atoms with Crippen LogP contribution in [0.15, 0.2) is 24.3 Å². The van der Waals surface area contributed by atoms with Gasteiger partial charge in [-0.25, -0.2) is 0 Å². The number of nitrogens with one attached hydrogen (secondary N) is 1. The van der Waals surface area contributed by atoms with Crippen LogP contribution in [0, 0.1) is 0 Å². The summed E-state index contributed by atoms with van der Waals surface area (Å²) >= 11 is 6.10. The Balaban J connectivity index is 2.38. The van der Waals surface area contributed by atoms with Crippen LogP contribution in [0.1, 0.15) is 18.5 Å². The van der Waals surface area contributed by atoms with E-state index in [1.807, 2.05) is 36.5 Å². The summed E-state index contributed by atoms with van der Waals surface area (Å²) in [5.41, 5.74) is 0.992. The van der Waals surface area contributed by atoms with Gasteiger partial charge in [0.1, 0.15) is 6.04 Å². The number of halogens is 1. The van der Waals surface area contributed by atoms with Gasteiger partial charge in [-0.1, -0.05) is 29.8 Å². The van der Waals surface area contributed by atoms with E-state index in [1.54, 1.807) is 14.1 Å². The summed E-state index contributed by atoms with van der Waals surface area (Å²) in [5.74, 6) is -0.295. The number of likely N-dealkylation sites (N-methyl/N-ethyl adjacent to an activating group) is 1. The third kappa shape index (κ3) is 5.19. The quantitative estimate of drug-likeness (QED) is 0.786. The number of hydrogen-bond acceptors (Lipinski definition) is 2. The number of amides is 2. The van der Waals surface area contributed by atoms with Gasteiger partial charge in [0.05, 0.1) is 6.54 Å². The van der Waals surface area contributed by atoms with E-state index in [0.29, 0.717) is 5.02 Å². The van der Waals surface area contributed by atoms with Crippen LogP contribution in [0.4, 0.5) is 0 Å². The van der Waals surface area contributed by atoms with Gasteiger partial charge in [0.25, 0.3) is 5.91 Å². The molecule has 2 amide bonds. The smallest absolute Gasteiger partial charge is 0.275 e. The fourth-order valence-corrected chi connectivity index (χ4v) is 1.97. The highest BCUT2D eigenvalue weighted by atomic mass is 35.5. The molecule has 1 aromatic rings. The van der Waals surface area contributed by atoms with Gasteiger partial charge in [-0.3, -0.25) is 9.59 Å². The Morgan fingerprint density at radius 3 is 2.60 bits per heavy atom. The fraction of sp³-hybridized carbons (Fsp3) is 0.429. The lowest BCUT2D eigenvalue weighted by Crippen LogP contribution is -2.87. The Morgan fingerprint density at radius 1 is 1.35 bits per heavy atom. The monoisotopic (exact) mass is 298 g/mol. The van der Waals surface area contributed by atoms with E-state index in [4.69, 9.17) is 11.6 Å². The highest BCUT2D eigenvalue weighted by Gasteiger charge is 2.14. The van der Waals surface area contributed by atoms with E-state index in [9.17, 15) is 9.59 Å². The van der Waals surface area contributed by atoms with Crippen molar-refractivity contribution >= 4 is 23.4 Å². The Bertz CT molecular complexity index is 477. The van der Waals surface area contributed by atoms with E-state index < -0.39 is 0 Å². The van der Waals surface area contributed by atoms with Crippen LogP contribution in [0.3, 0.4) is 0 Å². The minimum absolute atomic E-state index is 0.0279. The van der Waals surface area contributed by atoms with Crippen LogP contribution in [-0.2, 0) is 9.59 Å². The first kappa shape index (κ1) is 16.5. The second-order valence-electron chi connectivity index (χ2n) is 4.81. The number of nitrogens with zero attached hydrogens (tertiary/aromatic N) is 1. The second-order valence-corrected chi connectivity index (χ2v) is 5.22. The zero-order valence-electron chi connectivity index (χ0n) is 12.0. The summed E-state index contributed by atoms with van der Waals surface area (Å²) in [4.78, 5) is 24.4. The molecule has 6 heteroatoms. The number of carbonyl (C=O) groups excluding carboxylic acids is 2. The summed E-state index contributed by atoms with van der Waals surface area (Å²) in [6, 6.07) is 7.65. The van der Waals surface area contributed by atoms with Gasteiger partial charge in [0.15, 0.2) is 6.54 Å².